The number of hydrogen-bond donors (Lipinski definition) is 1. The van der Waals surface area contributed by atoms with Crippen LogP contribution in [0.4, 0.5) is 0 Å². The maximum Gasteiger partial charge on any atom is 0.150 e. The summed E-state index contributed by atoms with van der Waals surface area (Å²) in [7, 11) is -2.78. The number of aliphatic hydroxyl groups is 1. The summed E-state index contributed by atoms with van der Waals surface area (Å²) in [4.78, 5) is 0. The van der Waals surface area contributed by atoms with Crippen LogP contribution in [0.25, 0.3) is 0 Å². The Morgan fingerprint density at radius 2 is 1.92 bits per heavy atom. The number of sulfone groups is 1. The molecule has 3 nitrogen and oxygen atoms in total. The van der Waals surface area contributed by atoms with Crippen molar-refractivity contribution < 1.29 is 13.5 Å². The third-order valence-electron chi connectivity index (χ3n) is 2.73. The van der Waals surface area contributed by atoms with Gasteiger partial charge in [0.05, 0.1) is 17.6 Å². The summed E-state index contributed by atoms with van der Waals surface area (Å²) < 4.78 is 22.2. The molecular weight excluding hydrogens is 188 g/mol. The molecule has 1 saturated heterocycles. The molecule has 0 amide bonds. The lowest BCUT2D eigenvalue weighted by atomic mass is 9.93. The Labute approximate surface area is 80.1 Å². The molecule has 0 aromatic carbocycles. The van der Waals surface area contributed by atoms with Crippen molar-refractivity contribution in [3.05, 3.63) is 0 Å². The number of hydrogen-bond acceptors (Lipinski definition) is 3. The van der Waals surface area contributed by atoms with Crippen LogP contribution in [0.1, 0.15) is 32.6 Å². The van der Waals surface area contributed by atoms with Crippen LogP contribution in [-0.2, 0) is 9.84 Å². The molecule has 1 atom stereocenters. The van der Waals surface area contributed by atoms with Crippen molar-refractivity contribution in [1.82, 2.24) is 0 Å². The van der Waals surface area contributed by atoms with Crippen LogP contribution in [0.2, 0.25) is 0 Å². The van der Waals surface area contributed by atoms with Crippen LogP contribution in [-0.4, -0.2) is 31.1 Å². The van der Waals surface area contributed by atoms with Gasteiger partial charge in [-0.15, -0.1) is 0 Å². The SMILES string of the molecule is CCCC(O)C1CCS(=O)(=O)CC1. The van der Waals surface area contributed by atoms with E-state index in [9.17, 15) is 13.5 Å². The predicted molar refractivity (Wildman–Crippen MR) is 52.3 cm³/mol. The summed E-state index contributed by atoms with van der Waals surface area (Å²) in [6.45, 7) is 2.03. The Morgan fingerprint density at radius 1 is 1.38 bits per heavy atom. The Kier molecular flexibility index (Phi) is 3.74. The fourth-order valence-corrected chi connectivity index (χ4v) is 3.35. The molecule has 0 saturated carbocycles. The average molecular weight is 206 g/mol. The van der Waals surface area contributed by atoms with Crippen molar-refractivity contribution in [3.63, 3.8) is 0 Å². The summed E-state index contributed by atoms with van der Waals surface area (Å²) in [5.41, 5.74) is 0. The van der Waals surface area contributed by atoms with Crippen LogP contribution in [0.15, 0.2) is 0 Å². The Hall–Kier alpha value is -0.0900. The van der Waals surface area contributed by atoms with Gasteiger partial charge >= 0.3 is 0 Å². The van der Waals surface area contributed by atoms with Crippen molar-refractivity contribution >= 4 is 9.84 Å². The number of aliphatic hydroxyl groups excluding tert-OH is 1. The Bertz CT molecular complexity index is 232. The third kappa shape index (κ3) is 3.27. The predicted octanol–water partition coefficient (Wildman–Crippen LogP) is 0.972. The Morgan fingerprint density at radius 3 is 2.38 bits per heavy atom. The van der Waals surface area contributed by atoms with E-state index in [2.05, 4.69) is 0 Å². The van der Waals surface area contributed by atoms with Crippen molar-refractivity contribution in [2.45, 2.75) is 38.7 Å². The highest BCUT2D eigenvalue weighted by atomic mass is 32.2. The highest BCUT2D eigenvalue weighted by Crippen LogP contribution is 2.24. The lowest BCUT2D eigenvalue weighted by Gasteiger charge is -2.26. The molecule has 1 fully saturated rings. The second-order valence-corrected chi connectivity index (χ2v) is 6.15. The van der Waals surface area contributed by atoms with Gasteiger partial charge in [-0.1, -0.05) is 13.3 Å². The molecule has 1 aliphatic heterocycles. The first kappa shape index (κ1) is 11.0. The van der Waals surface area contributed by atoms with Crippen molar-refractivity contribution in [2.24, 2.45) is 5.92 Å². The first-order chi connectivity index (χ1) is 6.05. The minimum absolute atomic E-state index is 0.212. The third-order valence-corrected chi connectivity index (χ3v) is 4.44. The van der Waals surface area contributed by atoms with Gasteiger partial charge in [0.1, 0.15) is 9.84 Å². The van der Waals surface area contributed by atoms with Gasteiger partial charge in [-0.2, -0.15) is 0 Å². The van der Waals surface area contributed by atoms with Crippen molar-refractivity contribution in [2.75, 3.05) is 11.5 Å². The topological polar surface area (TPSA) is 54.4 Å². The van der Waals surface area contributed by atoms with Gasteiger partial charge in [0, 0.05) is 0 Å². The lowest BCUT2D eigenvalue weighted by molar-refractivity contribution is 0.0924. The van der Waals surface area contributed by atoms with E-state index in [0.29, 0.717) is 12.8 Å². The van der Waals surface area contributed by atoms with Crippen LogP contribution < -0.4 is 0 Å². The smallest absolute Gasteiger partial charge is 0.150 e. The average Bonchev–Trinajstić information content (AvgIpc) is 2.04. The van der Waals surface area contributed by atoms with Crippen LogP contribution in [0.5, 0.6) is 0 Å². The fourth-order valence-electron chi connectivity index (χ4n) is 1.82. The molecule has 1 rings (SSSR count). The Balaban J connectivity index is 2.40. The second-order valence-electron chi connectivity index (χ2n) is 3.85. The van der Waals surface area contributed by atoms with Gasteiger partial charge in [-0.3, -0.25) is 0 Å². The largest absolute Gasteiger partial charge is 0.393 e. The van der Waals surface area contributed by atoms with Gasteiger partial charge in [0.2, 0.25) is 0 Å². The van der Waals surface area contributed by atoms with Crippen LogP contribution in [0, 0.1) is 5.92 Å². The normalized spacial score (nSPS) is 25.7. The maximum absolute atomic E-state index is 11.1. The van der Waals surface area contributed by atoms with E-state index in [0.717, 1.165) is 12.8 Å². The van der Waals surface area contributed by atoms with Gasteiger partial charge in [-0.05, 0) is 25.2 Å². The first-order valence-corrected chi connectivity index (χ1v) is 6.76. The first-order valence-electron chi connectivity index (χ1n) is 4.93. The second kappa shape index (κ2) is 4.42. The minimum Gasteiger partial charge on any atom is -0.393 e. The summed E-state index contributed by atoms with van der Waals surface area (Å²) >= 11 is 0. The van der Waals surface area contributed by atoms with E-state index < -0.39 is 9.84 Å². The monoisotopic (exact) mass is 206 g/mol. The molecule has 0 aromatic rings. The van der Waals surface area contributed by atoms with Gasteiger partial charge < -0.3 is 5.11 Å². The van der Waals surface area contributed by atoms with Crippen molar-refractivity contribution in [1.29, 1.82) is 0 Å². The van der Waals surface area contributed by atoms with E-state index in [1.54, 1.807) is 0 Å². The standard InChI is InChI=1S/C9H18O3S/c1-2-3-9(10)8-4-6-13(11,12)7-5-8/h8-10H,2-7H2,1H3. The zero-order chi connectivity index (χ0) is 9.90. The molecule has 1 unspecified atom stereocenters. The molecule has 1 heterocycles. The van der Waals surface area contributed by atoms with Crippen LogP contribution in [0.3, 0.4) is 0 Å². The molecular formula is C9H18O3S. The van der Waals surface area contributed by atoms with Gasteiger partial charge in [0.15, 0.2) is 0 Å². The highest BCUT2D eigenvalue weighted by molar-refractivity contribution is 7.91. The molecule has 13 heavy (non-hydrogen) atoms. The van der Waals surface area contributed by atoms with Gasteiger partial charge in [0.25, 0.3) is 0 Å². The quantitative estimate of drug-likeness (QED) is 0.748. The molecule has 0 aromatic heterocycles. The van der Waals surface area contributed by atoms with E-state index in [1.807, 2.05) is 6.92 Å². The fraction of sp³-hybridized carbons (Fsp3) is 1.00. The summed E-state index contributed by atoms with van der Waals surface area (Å²) in [5.74, 6) is 0.736. The highest BCUT2D eigenvalue weighted by Gasteiger charge is 2.27. The van der Waals surface area contributed by atoms with E-state index in [4.69, 9.17) is 0 Å². The molecule has 0 spiro atoms. The summed E-state index contributed by atoms with van der Waals surface area (Å²) in [6, 6.07) is 0. The van der Waals surface area contributed by atoms with Gasteiger partial charge in [-0.25, -0.2) is 8.42 Å². The summed E-state index contributed by atoms with van der Waals surface area (Å²) in [5, 5.41) is 9.65. The number of rotatable bonds is 3. The maximum atomic E-state index is 11.1. The minimum atomic E-state index is -2.78. The molecule has 4 heteroatoms. The zero-order valence-electron chi connectivity index (χ0n) is 8.07. The summed E-state index contributed by atoms with van der Waals surface area (Å²) in [6.07, 6.45) is 2.75. The van der Waals surface area contributed by atoms with Crippen LogP contribution >= 0.6 is 0 Å². The van der Waals surface area contributed by atoms with E-state index >= 15 is 0 Å². The lowest BCUT2D eigenvalue weighted by Crippen LogP contribution is -2.30. The molecule has 0 radical (unpaired) electrons. The zero-order valence-corrected chi connectivity index (χ0v) is 8.89. The molecule has 1 N–H and O–H groups in total. The van der Waals surface area contributed by atoms with E-state index in [1.165, 1.54) is 0 Å². The van der Waals surface area contributed by atoms with E-state index in [-0.39, 0.29) is 23.5 Å². The molecule has 1 aliphatic rings. The molecule has 78 valence electrons. The molecule has 0 aliphatic carbocycles. The molecule has 0 bridgehead atoms. The van der Waals surface area contributed by atoms with Crippen molar-refractivity contribution in [3.8, 4) is 0 Å².